The number of fused-ring (bicyclic) bond motifs is 1. The molecular formula is C45H52O6. The quantitative estimate of drug-likeness (QED) is 0.0703. The molecule has 0 N–H and O–H groups in total. The van der Waals surface area contributed by atoms with Crippen molar-refractivity contribution in [1.29, 1.82) is 0 Å². The van der Waals surface area contributed by atoms with E-state index in [1.165, 1.54) is 5.56 Å². The molecule has 0 bridgehead atoms. The van der Waals surface area contributed by atoms with Gasteiger partial charge in [-0.2, -0.15) is 0 Å². The van der Waals surface area contributed by atoms with Gasteiger partial charge in [0.15, 0.2) is 5.60 Å². The van der Waals surface area contributed by atoms with Crippen LogP contribution >= 0.6 is 0 Å². The third kappa shape index (κ3) is 11.2. The van der Waals surface area contributed by atoms with Gasteiger partial charge in [-0.25, -0.2) is 4.79 Å². The largest absolute Gasteiger partial charge is 0.461 e. The average Bonchev–Trinajstić information content (AvgIpc) is 3.66. The van der Waals surface area contributed by atoms with Crippen LogP contribution in [0.25, 0.3) is 11.0 Å². The van der Waals surface area contributed by atoms with Crippen LogP contribution < -0.4 is 0 Å². The summed E-state index contributed by atoms with van der Waals surface area (Å²) in [5, 5.41) is 0.927. The number of ether oxygens (including phenoxy) is 3. The van der Waals surface area contributed by atoms with E-state index in [1.54, 1.807) is 0 Å². The molecule has 2 heterocycles. The number of carbonyl (C=O) groups excluding carboxylic acids is 2. The molecule has 0 unspecified atom stereocenters. The number of benzene rings is 3. The second-order valence-corrected chi connectivity index (χ2v) is 15.1. The Morgan fingerprint density at radius 3 is 2.27 bits per heavy atom. The molecule has 1 fully saturated rings. The fourth-order valence-electron chi connectivity index (χ4n) is 6.72. The van der Waals surface area contributed by atoms with Crippen molar-refractivity contribution in [1.82, 2.24) is 0 Å². The summed E-state index contributed by atoms with van der Waals surface area (Å²) in [7, 11) is 0. The predicted molar refractivity (Wildman–Crippen MR) is 202 cm³/mol. The van der Waals surface area contributed by atoms with Gasteiger partial charge >= 0.3 is 11.9 Å². The maximum atomic E-state index is 13.2. The van der Waals surface area contributed by atoms with Gasteiger partial charge in [-0.3, -0.25) is 4.79 Å². The first-order chi connectivity index (χ1) is 24.5. The van der Waals surface area contributed by atoms with Gasteiger partial charge in [-0.1, -0.05) is 101 Å². The van der Waals surface area contributed by atoms with Crippen molar-refractivity contribution < 1.29 is 28.2 Å². The minimum atomic E-state index is -1.09. The highest BCUT2D eigenvalue weighted by Gasteiger charge is 2.45. The first-order valence-corrected chi connectivity index (χ1v) is 18.3. The molecule has 0 aliphatic carbocycles. The molecule has 1 saturated heterocycles. The lowest BCUT2D eigenvalue weighted by Gasteiger charge is -2.27. The number of esters is 2. The Bertz CT molecular complexity index is 1840. The molecule has 0 amide bonds. The summed E-state index contributed by atoms with van der Waals surface area (Å²) in [6.45, 7) is 13.3. The lowest BCUT2D eigenvalue weighted by Crippen LogP contribution is -2.40. The van der Waals surface area contributed by atoms with Crippen molar-refractivity contribution in [2.24, 2.45) is 17.8 Å². The van der Waals surface area contributed by atoms with Crippen molar-refractivity contribution >= 4 is 22.9 Å². The number of cyclic esters (lactones) is 1. The fraction of sp³-hybridized carbons (Fsp3) is 0.422. The molecule has 1 aliphatic heterocycles. The van der Waals surface area contributed by atoms with Crippen molar-refractivity contribution in [2.45, 2.75) is 91.8 Å². The van der Waals surface area contributed by atoms with Gasteiger partial charge in [0.25, 0.3) is 0 Å². The minimum Gasteiger partial charge on any atom is -0.461 e. The van der Waals surface area contributed by atoms with E-state index < -0.39 is 11.6 Å². The van der Waals surface area contributed by atoms with Crippen LogP contribution in [0, 0.1) is 36.5 Å². The Kier molecular flexibility index (Phi) is 13.0. The number of hydrogen-bond donors (Lipinski definition) is 0. The zero-order valence-corrected chi connectivity index (χ0v) is 31.0. The van der Waals surface area contributed by atoms with Crippen molar-refractivity contribution in [3.05, 3.63) is 119 Å². The van der Waals surface area contributed by atoms with E-state index in [1.807, 2.05) is 79.7 Å². The van der Waals surface area contributed by atoms with E-state index in [2.05, 4.69) is 58.6 Å². The zero-order valence-electron chi connectivity index (χ0n) is 31.0. The summed E-state index contributed by atoms with van der Waals surface area (Å²) in [5.41, 5.74) is 4.34. The van der Waals surface area contributed by atoms with E-state index in [-0.39, 0.29) is 31.5 Å². The average molecular weight is 689 g/mol. The number of rotatable bonds is 15. The first kappa shape index (κ1) is 37.7. The normalized spacial score (nSPS) is 17.3. The Morgan fingerprint density at radius 2 is 1.57 bits per heavy atom. The van der Waals surface area contributed by atoms with E-state index in [4.69, 9.17) is 18.6 Å². The van der Waals surface area contributed by atoms with Crippen LogP contribution in [0.2, 0.25) is 0 Å². The molecule has 4 aromatic rings. The van der Waals surface area contributed by atoms with Crippen LogP contribution in [0.15, 0.2) is 94.9 Å². The molecule has 0 spiro atoms. The smallest absolute Gasteiger partial charge is 0.334 e. The predicted octanol–water partition coefficient (Wildman–Crippen LogP) is 10.1. The molecule has 51 heavy (non-hydrogen) atoms. The molecule has 0 saturated carbocycles. The topological polar surface area (TPSA) is 75.0 Å². The van der Waals surface area contributed by atoms with Crippen LogP contribution in [0.3, 0.4) is 0 Å². The molecule has 0 radical (unpaired) electrons. The Hall–Kier alpha value is -4.60. The summed E-state index contributed by atoms with van der Waals surface area (Å²) in [6, 6.07) is 25.8. The molecule has 268 valence electrons. The van der Waals surface area contributed by atoms with Gasteiger partial charge in [0.05, 0.1) is 19.6 Å². The van der Waals surface area contributed by atoms with Crippen molar-refractivity contribution in [3.63, 3.8) is 0 Å². The summed E-state index contributed by atoms with van der Waals surface area (Å²) in [6.07, 6.45) is 5.51. The molecule has 3 aromatic carbocycles. The number of furan rings is 1. The summed E-state index contributed by atoms with van der Waals surface area (Å²) in [5.74, 6) is 7.82. The highest BCUT2D eigenvalue weighted by atomic mass is 16.6. The van der Waals surface area contributed by atoms with Crippen LogP contribution in [-0.2, 0) is 30.4 Å². The van der Waals surface area contributed by atoms with Gasteiger partial charge < -0.3 is 18.6 Å². The van der Waals surface area contributed by atoms with E-state index in [9.17, 15) is 9.59 Å². The first-order valence-electron chi connectivity index (χ1n) is 18.3. The maximum Gasteiger partial charge on any atom is 0.334 e. The summed E-state index contributed by atoms with van der Waals surface area (Å²) in [4.78, 5) is 26.5. The second kappa shape index (κ2) is 17.6. The van der Waals surface area contributed by atoms with Crippen molar-refractivity contribution in [2.75, 3.05) is 13.2 Å². The number of hydrogen-bond acceptors (Lipinski definition) is 6. The minimum absolute atomic E-state index is 0.0824. The van der Waals surface area contributed by atoms with Gasteiger partial charge in [0, 0.05) is 34.4 Å². The van der Waals surface area contributed by atoms with Crippen LogP contribution in [-0.4, -0.2) is 30.8 Å². The van der Waals surface area contributed by atoms with E-state index in [0.29, 0.717) is 42.1 Å². The zero-order chi connectivity index (χ0) is 36.4. The van der Waals surface area contributed by atoms with Gasteiger partial charge in [-0.05, 0) is 85.9 Å². The standard InChI is InChI=1S/C45H52O6/c1-31(2)22-38(23-32(3)4)18-20-39-27-45(51-44(39)47,29-48-28-37-10-8-7-9-11-37)30-49-43(46)24-34(6)42-26-40-25-36(19-21-41(40)50-42)17-16-35-14-12-33(5)13-15-35/h7-15,19-21,25-26,31-32,34,38H,18,22-24,27-30H2,1-6H3/b39-20+/t34-,45-/m1/s1. The third-order valence-corrected chi connectivity index (χ3v) is 9.26. The Labute approximate surface area is 303 Å². The molecule has 2 atom stereocenters. The number of allylic oxidation sites excluding steroid dienone is 1. The molecule has 1 aromatic heterocycles. The van der Waals surface area contributed by atoms with Crippen LogP contribution in [0.5, 0.6) is 0 Å². The molecule has 6 heteroatoms. The Morgan fingerprint density at radius 1 is 0.882 bits per heavy atom. The molecule has 6 nitrogen and oxygen atoms in total. The van der Waals surface area contributed by atoms with E-state index >= 15 is 0 Å². The lowest BCUT2D eigenvalue weighted by molar-refractivity contribution is -0.169. The molecule has 1 aliphatic rings. The number of aryl methyl sites for hydroxylation is 1. The maximum absolute atomic E-state index is 13.2. The van der Waals surface area contributed by atoms with Gasteiger partial charge in [0.2, 0.25) is 0 Å². The Balaban J connectivity index is 1.23. The highest BCUT2D eigenvalue weighted by Crippen LogP contribution is 2.35. The number of carbonyl (C=O) groups is 2. The summed E-state index contributed by atoms with van der Waals surface area (Å²) >= 11 is 0. The van der Waals surface area contributed by atoms with Gasteiger partial charge in [0.1, 0.15) is 18.0 Å². The SMILES string of the molecule is Cc1ccc(C#Cc2ccc3oc([C@H](C)CC(=O)OC[C@]4(COCc5ccccc5)C/C(=C\CC(CC(C)C)CC(C)C)C(=O)O4)cc3c2)cc1. The second-order valence-electron chi connectivity index (χ2n) is 15.1. The third-order valence-electron chi connectivity index (χ3n) is 9.26. The van der Waals surface area contributed by atoms with Crippen molar-refractivity contribution in [3.8, 4) is 11.8 Å². The van der Waals surface area contributed by atoms with Crippen LogP contribution in [0.1, 0.15) is 101 Å². The van der Waals surface area contributed by atoms with Gasteiger partial charge in [-0.15, -0.1) is 0 Å². The monoisotopic (exact) mass is 688 g/mol. The fourth-order valence-corrected chi connectivity index (χ4v) is 6.72. The lowest BCUT2D eigenvalue weighted by atomic mass is 9.86. The van der Waals surface area contributed by atoms with E-state index in [0.717, 1.165) is 46.9 Å². The highest BCUT2D eigenvalue weighted by molar-refractivity contribution is 5.91. The molecular weight excluding hydrogens is 636 g/mol. The van der Waals surface area contributed by atoms with Crippen LogP contribution in [0.4, 0.5) is 0 Å². The summed E-state index contributed by atoms with van der Waals surface area (Å²) < 4.78 is 24.1. The molecule has 5 rings (SSSR count).